The Bertz CT molecular complexity index is 401. The van der Waals surface area contributed by atoms with Crippen LogP contribution < -0.4 is 15.0 Å². The molecule has 0 aromatic carbocycles. The Morgan fingerprint density at radius 1 is 1.32 bits per heavy atom. The zero-order chi connectivity index (χ0) is 14.5. The van der Waals surface area contributed by atoms with Crippen molar-refractivity contribution in [1.82, 2.24) is 15.3 Å². The van der Waals surface area contributed by atoms with Gasteiger partial charge in [-0.2, -0.15) is 4.98 Å². The molecule has 0 aliphatic rings. The number of aromatic nitrogens is 2. The molecule has 1 heterocycles. The van der Waals surface area contributed by atoms with Gasteiger partial charge in [-0.15, -0.1) is 0 Å². The summed E-state index contributed by atoms with van der Waals surface area (Å²) in [7, 11) is 1.99. The van der Waals surface area contributed by atoms with Gasteiger partial charge in [0.25, 0.3) is 0 Å². The van der Waals surface area contributed by atoms with Crippen LogP contribution in [-0.2, 0) is 0 Å². The summed E-state index contributed by atoms with van der Waals surface area (Å²) in [4.78, 5) is 10.9. The number of aryl methyl sites for hydroxylation is 1. The second-order valence-electron chi connectivity index (χ2n) is 5.68. The molecule has 19 heavy (non-hydrogen) atoms. The first kappa shape index (κ1) is 15.7. The van der Waals surface area contributed by atoms with Crippen LogP contribution >= 0.6 is 0 Å². The molecule has 108 valence electrons. The largest absolute Gasteiger partial charge is 0.478 e. The van der Waals surface area contributed by atoms with Gasteiger partial charge in [-0.05, 0) is 34.6 Å². The molecule has 0 fully saturated rings. The smallest absolute Gasteiger partial charge is 0.228 e. The van der Waals surface area contributed by atoms with Crippen molar-refractivity contribution in [3.8, 4) is 5.88 Å². The first-order chi connectivity index (χ1) is 8.81. The van der Waals surface area contributed by atoms with Gasteiger partial charge in [-0.1, -0.05) is 0 Å². The molecule has 0 saturated carbocycles. The fourth-order valence-electron chi connectivity index (χ4n) is 1.62. The summed E-state index contributed by atoms with van der Waals surface area (Å²) in [6.07, 6.45) is 0. The lowest BCUT2D eigenvalue weighted by Gasteiger charge is -2.24. The molecule has 1 N–H and O–H groups in total. The number of nitrogens with zero attached hydrogens (tertiary/aromatic N) is 3. The van der Waals surface area contributed by atoms with Crippen LogP contribution in [0.5, 0.6) is 5.88 Å². The third-order valence-electron chi connectivity index (χ3n) is 2.56. The van der Waals surface area contributed by atoms with Gasteiger partial charge in [-0.3, -0.25) is 0 Å². The molecule has 0 unspecified atom stereocenters. The van der Waals surface area contributed by atoms with Crippen LogP contribution in [0.1, 0.15) is 33.4 Å². The third kappa shape index (κ3) is 5.87. The van der Waals surface area contributed by atoms with E-state index in [1.165, 1.54) is 0 Å². The summed E-state index contributed by atoms with van der Waals surface area (Å²) < 4.78 is 5.44. The number of likely N-dealkylation sites (N-methyl/N-ethyl adjacent to an activating group) is 1. The molecule has 0 amide bonds. The average Bonchev–Trinajstić information content (AvgIpc) is 2.26. The van der Waals surface area contributed by atoms with Crippen LogP contribution in [0, 0.1) is 6.92 Å². The highest BCUT2D eigenvalue weighted by atomic mass is 16.5. The monoisotopic (exact) mass is 266 g/mol. The first-order valence-electron chi connectivity index (χ1n) is 6.76. The van der Waals surface area contributed by atoms with Crippen LogP contribution in [0.15, 0.2) is 6.07 Å². The Kier molecular flexibility index (Phi) is 5.54. The van der Waals surface area contributed by atoms with E-state index in [-0.39, 0.29) is 5.54 Å². The quantitative estimate of drug-likeness (QED) is 0.853. The lowest BCUT2D eigenvalue weighted by atomic mass is 10.1. The van der Waals surface area contributed by atoms with Crippen molar-refractivity contribution < 1.29 is 4.74 Å². The van der Waals surface area contributed by atoms with E-state index in [0.717, 1.165) is 18.8 Å². The number of anilines is 1. The van der Waals surface area contributed by atoms with Crippen molar-refractivity contribution in [2.24, 2.45) is 0 Å². The predicted molar refractivity (Wildman–Crippen MR) is 79.0 cm³/mol. The van der Waals surface area contributed by atoms with E-state index >= 15 is 0 Å². The molecule has 0 saturated heterocycles. The summed E-state index contributed by atoms with van der Waals surface area (Å²) >= 11 is 0. The number of hydrogen-bond donors (Lipinski definition) is 1. The van der Waals surface area contributed by atoms with Gasteiger partial charge < -0.3 is 15.0 Å². The normalized spacial score (nSPS) is 11.5. The van der Waals surface area contributed by atoms with E-state index < -0.39 is 0 Å². The zero-order valence-electron chi connectivity index (χ0n) is 12.9. The van der Waals surface area contributed by atoms with Gasteiger partial charge in [0.15, 0.2) is 0 Å². The second kappa shape index (κ2) is 6.70. The molecule has 0 aliphatic heterocycles. The molecule has 0 bridgehead atoms. The molecule has 0 atom stereocenters. The fourth-order valence-corrected chi connectivity index (χ4v) is 1.62. The summed E-state index contributed by atoms with van der Waals surface area (Å²) in [5.41, 5.74) is 1.05. The lowest BCUT2D eigenvalue weighted by Crippen LogP contribution is -2.40. The van der Waals surface area contributed by atoms with Crippen molar-refractivity contribution in [2.75, 3.05) is 31.6 Å². The van der Waals surface area contributed by atoms with E-state index in [1.54, 1.807) is 0 Å². The maximum atomic E-state index is 5.44. The van der Waals surface area contributed by atoms with Gasteiger partial charge >= 0.3 is 0 Å². The van der Waals surface area contributed by atoms with Crippen LogP contribution in [-0.4, -0.2) is 42.3 Å². The molecular weight excluding hydrogens is 240 g/mol. The first-order valence-corrected chi connectivity index (χ1v) is 6.76. The molecule has 0 spiro atoms. The molecule has 1 aromatic heterocycles. The summed E-state index contributed by atoms with van der Waals surface area (Å²) in [5.74, 6) is 1.35. The average molecular weight is 266 g/mol. The highest BCUT2D eigenvalue weighted by Gasteiger charge is 2.11. The number of nitrogens with one attached hydrogen (secondary N) is 1. The number of ether oxygens (including phenoxy) is 1. The Morgan fingerprint density at radius 3 is 2.58 bits per heavy atom. The van der Waals surface area contributed by atoms with Crippen LogP contribution in [0.4, 0.5) is 5.95 Å². The Labute approximate surface area is 116 Å². The minimum atomic E-state index is 0.130. The Morgan fingerprint density at radius 2 is 2.00 bits per heavy atom. The van der Waals surface area contributed by atoms with Gasteiger partial charge in [0.2, 0.25) is 11.8 Å². The summed E-state index contributed by atoms with van der Waals surface area (Å²) in [5, 5.41) is 3.45. The van der Waals surface area contributed by atoms with Crippen LogP contribution in [0.2, 0.25) is 0 Å². The molecular formula is C14H26N4O. The van der Waals surface area contributed by atoms with E-state index in [1.807, 2.05) is 31.9 Å². The van der Waals surface area contributed by atoms with Crippen LogP contribution in [0.3, 0.4) is 0 Å². The fraction of sp³-hybridized carbons (Fsp3) is 0.714. The SMILES string of the molecule is CCOc1cc(C)nc(N(C)CCNC(C)(C)C)n1. The lowest BCUT2D eigenvalue weighted by molar-refractivity contribution is 0.326. The standard InChI is InChI=1S/C14H26N4O/c1-7-19-12-10-11(2)16-13(17-12)18(6)9-8-15-14(3,4)5/h10,15H,7-9H2,1-6H3. The molecule has 5 heteroatoms. The maximum absolute atomic E-state index is 5.44. The highest BCUT2D eigenvalue weighted by molar-refractivity contribution is 5.33. The van der Waals surface area contributed by atoms with Crippen molar-refractivity contribution in [3.63, 3.8) is 0 Å². The zero-order valence-corrected chi connectivity index (χ0v) is 12.9. The molecule has 0 radical (unpaired) electrons. The highest BCUT2D eigenvalue weighted by Crippen LogP contribution is 2.14. The van der Waals surface area contributed by atoms with Crippen molar-refractivity contribution in [3.05, 3.63) is 11.8 Å². The third-order valence-corrected chi connectivity index (χ3v) is 2.56. The van der Waals surface area contributed by atoms with E-state index in [2.05, 4.69) is 36.1 Å². The molecule has 1 aromatic rings. The Balaban J connectivity index is 2.63. The number of hydrogen-bond acceptors (Lipinski definition) is 5. The second-order valence-corrected chi connectivity index (χ2v) is 5.68. The molecule has 0 aliphatic carbocycles. The van der Waals surface area contributed by atoms with E-state index in [4.69, 9.17) is 4.74 Å². The van der Waals surface area contributed by atoms with Crippen molar-refractivity contribution in [1.29, 1.82) is 0 Å². The number of rotatable bonds is 6. The van der Waals surface area contributed by atoms with Crippen molar-refractivity contribution in [2.45, 2.75) is 40.2 Å². The summed E-state index contributed by atoms with van der Waals surface area (Å²) in [6, 6.07) is 1.86. The van der Waals surface area contributed by atoms with Gasteiger partial charge in [0, 0.05) is 37.4 Å². The Hall–Kier alpha value is -1.36. The summed E-state index contributed by atoms with van der Waals surface area (Å²) in [6.45, 7) is 12.7. The van der Waals surface area contributed by atoms with Crippen molar-refractivity contribution >= 4 is 5.95 Å². The molecule has 1 rings (SSSR count). The minimum absolute atomic E-state index is 0.130. The van der Waals surface area contributed by atoms with E-state index in [9.17, 15) is 0 Å². The van der Waals surface area contributed by atoms with E-state index in [0.29, 0.717) is 18.4 Å². The minimum Gasteiger partial charge on any atom is -0.478 e. The topological polar surface area (TPSA) is 50.3 Å². The maximum Gasteiger partial charge on any atom is 0.228 e. The van der Waals surface area contributed by atoms with Gasteiger partial charge in [-0.25, -0.2) is 4.98 Å². The predicted octanol–water partition coefficient (Wildman–Crippen LogP) is 2.01. The molecule has 5 nitrogen and oxygen atoms in total. The van der Waals surface area contributed by atoms with Gasteiger partial charge in [0.1, 0.15) is 0 Å². The van der Waals surface area contributed by atoms with Gasteiger partial charge in [0.05, 0.1) is 6.61 Å². The van der Waals surface area contributed by atoms with Crippen LogP contribution in [0.25, 0.3) is 0 Å².